The molecule has 21 heavy (non-hydrogen) atoms. The molecule has 0 aromatic heterocycles. The second kappa shape index (κ2) is 10.6. The molecule has 1 aliphatic heterocycles. The molecular weight excluding hydrogens is 266 g/mol. The van der Waals surface area contributed by atoms with Crippen molar-refractivity contribution in [3.8, 4) is 0 Å². The van der Waals surface area contributed by atoms with E-state index in [9.17, 15) is 9.59 Å². The van der Waals surface area contributed by atoms with E-state index >= 15 is 0 Å². The van der Waals surface area contributed by atoms with Crippen LogP contribution in [0.25, 0.3) is 0 Å². The normalized spacial score (nSPS) is 18.4. The van der Waals surface area contributed by atoms with Crippen molar-refractivity contribution in [3.63, 3.8) is 0 Å². The number of hydrogen-bond acceptors (Lipinski definition) is 2. The number of imide groups is 1. The average molecular weight is 297 g/mol. The Morgan fingerprint density at radius 1 is 1.05 bits per heavy atom. The maximum Gasteiger partial charge on any atom is 0.414 e. The minimum atomic E-state index is -1.09. The minimum absolute atomic E-state index is 0.0462. The summed E-state index contributed by atoms with van der Waals surface area (Å²) in [5.74, 6) is -0.228. The fourth-order valence-corrected chi connectivity index (χ4v) is 3.07. The van der Waals surface area contributed by atoms with Gasteiger partial charge in [0.1, 0.15) is 0 Å². The predicted molar refractivity (Wildman–Crippen MR) is 84.3 cm³/mol. The first kappa shape index (κ1) is 18.0. The van der Waals surface area contributed by atoms with Gasteiger partial charge in [-0.15, -0.1) is 0 Å². The van der Waals surface area contributed by atoms with E-state index in [0.717, 1.165) is 17.7 Å². The van der Waals surface area contributed by atoms with E-state index < -0.39 is 6.09 Å². The first-order valence-corrected chi connectivity index (χ1v) is 8.71. The summed E-state index contributed by atoms with van der Waals surface area (Å²) in [5, 5.41) is 8.85. The highest BCUT2D eigenvalue weighted by atomic mass is 16.4. The van der Waals surface area contributed by atoms with Gasteiger partial charge in [0.05, 0.1) is 0 Å². The molecule has 0 spiro atoms. The Bertz CT molecular complexity index is 317. The zero-order chi connectivity index (χ0) is 15.5. The topological polar surface area (TPSA) is 57.6 Å². The monoisotopic (exact) mass is 297 g/mol. The Kier molecular flexibility index (Phi) is 9.11. The number of unbranched alkanes of at least 4 members (excludes halogenated alkanes) is 9. The molecule has 0 bridgehead atoms. The third-order valence-electron chi connectivity index (χ3n) is 4.45. The molecule has 1 rings (SSSR count). The summed E-state index contributed by atoms with van der Waals surface area (Å²) in [7, 11) is 0. The average Bonchev–Trinajstić information content (AvgIpc) is 2.82. The van der Waals surface area contributed by atoms with Crippen LogP contribution >= 0.6 is 0 Å². The van der Waals surface area contributed by atoms with Crippen LogP contribution in [0.5, 0.6) is 0 Å². The van der Waals surface area contributed by atoms with Crippen molar-refractivity contribution in [1.82, 2.24) is 4.90 Å². The highest BCUT2D eigenvalue weighted by molar-refractivity contribution is 5.94. The third kappa shape index (κ3) is 6.96. The molecule has 1 saturated heterocycles. The fraction of sp³-hybridized carbons (Fsp3) is 0.882. The van der Waals surface area contributed by atoms with Gasteiger partial charge in [0.15, 0.2) is 0 Å². The van der Waals surface area contributed by atoms with Crippen LogP contribution in [0.1, 0.15) is 84.0 Å². The van der Waals surface area contributed by atoms with E-state index in [1.807, 2.05) is 0 Å². The molecule has 122 valence electrons. The van der Waals surface area contributed by atoms with Crippen molar-refractivity contribution >= 4 is 12.0 Å². The Balaban J connectivity index is 1.93. The lowest BCUT2D eigenvalue weighted by atomic mass is 9.99. The lowest BCUT2D eigenvalue weighted by molar-refractivity contribution is -0.129. The van der Waals surface area contributed by atoms with Crippen LogP contribution in [-0.4, -0.2) is 28.6 Å². The van der Waals surface area contributed by atoms with Gasteiger partial charge in [0.25, 0.3) is 0 Å². The number of nitrogens with zero attached hydrogens (tertiary/aromatic N) is 1. The molecule has 4 nitrogen and oxygen atoms in total. The minimum Gasteiger partial charge on any atom is -0.465 e. The van der Waals surface area contributed by atoms with Crippen LogP contribution in [0.4, 0.5) is 4.79 Å². The second-order valence-electron chi connectivity index (χ2n) is 6.23. The van der Waals surface area contributed by atoms with E-state index in [4.69, 9.17) is 5.11 Å². The number of amides is 2. The summed E-state index contributed by atoms with van der Waals surface area (Å²) in [6.45, 7) is 2.63. The molecule has 2 amide bonds. The highest BCUT2D eigenvalue weighted by Gasteiger charge is 2.34. The molecule has 4 heteroatoms. The summed E-state index contributed by atoms with van der Waals surface area (Å²) >= 11 is 0. The van der Waals surface area contributed by atoms with Gasteiger partial charge in [-0.25, -0.2) is 9.69 Å². The van der Waals surface area contributed by atoms with Crippen molar-refractivity contribution in [2.24, 2.45) is 5.92 Å². The van der Waals surface area contributed by atoms with E-state index in [0.29, 0.717) is 13.0 Å². The van der Waals surface area contributed by atoms with Crippen molar-refractivity contribution in [2.45, 2.75) is 84.0 Å². The standard InChI is InChI=1S/C17H31NO3/c1-2-3-4-5-6-7-8-9-10-11-12-15-13-14-18(16(15)19)17(20)21/h15H,2-14H2,1H3,(H,20,21). The second-order valence-corrected chi connectivity index (χ2v) is 6.23. The van der Waals surface area contributed by atoms with Crippen molar-refractivity contribution in [2.75, 3.05) is 6.54 Å². The van der Waals surface area contributed by atoms with Crippen molar-refractivity contribution in [3.05, 3.63) is 0 Å². The largest absolute Gasteiger partial charge is 0.465 e. The molecule has 1 N–H and O–H groups in total. The van der Waals surface area contributed by atoms with Gasteiger partial charge in [0, 0.05) is 12.5 Å². The molecular formula is C17H31NO3. The smallest absolute Gasteiger partial charge is 0.414 e. The van der Waals surface area contributed by atoms with Crippen LogP contribution in [-0.2, 0) is 4.79 Å². The van der Waals surface area contributed by atoms with Gasteiger partial charge >= 0.3 is 6.09 Å². The van der Waals surface area contributed by atoms with Crippen LogP contribution < -0.4 is 0 Å². The molecule has 1 aliphatic rings. The molecule has 0 aromatic rings. The molecule has 0 aliphatic carbocycles. The molecule has 1 unspecified atom stereocenters. The maximum absolute atomic E-state index is 11.8. The van der Waals surface area contributed by atoms with Gasteiger partial charge in [-0.05, 0) is 12.8 Å². The quantitative estimate of drug-likeness (QED) is 0.556. The zero-order valence-corrected chi connectivity index (χ0v) is 13.5. The lowest BCUT2D eigenvalue weighted by Crippen LogP contribution is -2.32. The van der Waals surface area contributed by atoms with Gasteiger partial charge in [0.2, 0.25) is 5.91 Å². The molecule has 1 heterocycles. The van der Waals surface area contributed by atoms with Crippen LogP contribution in [0.15, 0.2) is 0 Å². The highest BCUT2D eigenvalue weighted by Crippen LogP contribution is 2.24. The van der Waals surface area contributed by atoms with Gasteiger partial charge in [-0.3, -0.25) is 4.79 Å². The molecule has 1 atom stereocenters. The Labute approximate surface area is 128 Å². The number of hydrogen-bond donors (Lipinski definition) is 1. The molecule has 0 radical (unpaired) electrons. The van der Waals surface area contributed by atoms with E-state index in [1.54, 1.807) is 0 Å². The van der Waals surface area contributed by atoms with Crippen molar-refractivity contribution in [1.29, 1.82) is 0 Å². The number of carbonyl (C=O) groups excluding carboxylic acids is 1. The summed E-state index contributed by atoms with van der Waals surface area (Å²) < 4.78 is 0. The van der Waals surface area contributed by atoms with Crippen LogP contribution in [0.3, 0.4) is 0 Å². The third-order valence-corrected chi connectivity index (χ3v) is 4.45. The SMILES string of the molecule is CCCCCCCCCCCCC1CCN(C(=O)O)C1=O. The van der Waals surface area contributed by atoms with Gasteiger partial charge in [-0.1, -0.05) is 71.1 Å². The molecule has 1 fully saturated rings. The van der Waals surface area contributed by atoms with E-state index in [1.165, 1.54) is 57.8 Å². The van der Waals surface area contributed by atoms with E-state index in [2.05, 4.69) is 6.92 Å². The maximum atomic E-state index is 11.8. The van der Waals surface area contributed by atoms with Crippen molar-refractivity contribution < 1.29 is 14.7 Å². The number of rotatable bonds is 11. The number of carbonyl (C=O) groups is 2. The zero-order valence-electron chi connectivity index (χ0n) is 13.5. The first-order chi connectivity index (χ1) is 10.2. The lowest BCUT2D eigenvalue weighted by Gasteiger charge is -2.10. The molecule has 0 saturated carbocycles. The van der Waals surface area contributed by atoms with Crippen LogP contribution in [0.2, 0.25) is 0 Å². The van der Waals surface area contributed by atoms with E-state index in [-0.39, 0.29) is 11.8 Å². The number of carboxylic acid groups (broad SMARTS) is 1. The summed E-state index contributed by atoms with van der Waals surface area (Å²) in [6, 6.07) is 0. The van der Waals surface area contributed by atoms with Crippen LogP contribution in [0, 0.1) is 5.92 Å². The Morgan fingerprint density at radius 2 is 1.57 bits per heavy atom. The summed E-state index contributed by atoms with van der Waals surface area (Å²) in [5.41, 5.74) is 0. The number of likely N-dealkylation sites (tertiary alicyclic amines) is 1. The summed E-state index contributed by atoms with van der Waals surface area (Å²) in [6.07, 6.45) is 13.4. The van der Waals surface area contributed by atoms with Gasteiger partial charge in [-0.2, -0.15) is 0 Å². The van der Waals surface area contributed by atoms with Gasteiger partial charge < -0.3 is 5.11 Å². The first-order valence-electron chi connectivity index (χ1n) is 8.71. The Hall–Kier alpha value is -1.06. The fourth-order valence-electron chi connectivity index (χ4n) is 3.07. The Morgan fingerprint density at radius 3 is 2.05 bits per heavy atom. The predicted octanol–water partition coefficient (Wildman–Crippen LogP) is 4.82. The summed E-state index contributed by atoms with van der Waals surface area (Å²) in [4.78, 5) is 23.6. The molecule has 0 aromatic carbocycles.